The van der Waals surface area contributed by atoms with E-state index in [0.717, 1.165) is 31.6 Å². The highest BCUT2D eigenvalue weighted by Crippen LogP contribution is 2.53. The van der Waals surface area contributed by atoms with Crippen LogP contribution in [0.3, 0.4) is 0 Å². The number of amides is 2. The largest absolute Gasteiger partial charge is 0.378 e. The second-order valence-corrected chi connectivity index (χ2v) is 7.38. The molecule has 6 heteroatoms. The minimum atomic E-state index is -0.183. The van der Waals surface area contributed by atoms with Crippen LogP contribution in [0.15, 0.2) is 6.20 Å². The average Bonchev–Trinajstić information content (AvgIpc) is 2.94. The van der Waals surface area contributed by atoms with Crippen LogP contribution in [0.4, 0.5) is 5.69 Å². The summed E-state index contributed by atoms with van der Waals surface area (Å²) >= 11 is 0. The molecule has 2 atom stereocenters. The van der Waals surface area contributed by atoms with Crippen molar-refractivity contribution in [3.8, 4) is 0 Å². The molecule has 0 radical (unpaired) electrons. The van der Waals surface area contributed by atoms with E-state index in [2.05, 4.69) is 15.6 Å². The maximum atomic E-state index is 12.9. The van der Waals surface area contributed by atoms with Crippen molar-refractivity contribution >= 4 is 17.5 Å². The predicted molar refractivity (Wildman–Crippen MR) is 96.6 cm³/mol. The highest BCUT2D eigenvalue weighted by molar-refractivity contribution is 6.04. The lowest BCUT2D eigenvalue weighted by Crippen LogP contribution is -2.65. The van der Waals surface area contributed by atoms with E-state index < -0.39 is 0 Å². The molecule has 1 aromatic rings. The van der Waals surface area contributed by atoms with E-state index in [1.807, 2.05) is 13.8 Å². The number of aromatic amines is 1. The Bertz CT molecular complexity index is 646. The molecule has 2 fully saturated rings. The van der Waals surface area contributed by atoms with Crippen LogP contribution in [0.1, 0.15) is 68.4 Å². The molecule has 2 aliphatic rings. The van der Waals surface area contributed by atoms with E-state index in [1.54, 1.807) is 6.20 Å². The van der Waals surface area contributed by atoms with E-state index in [9.17, 15) is 9.59 Å². The molecule has 0 bridgehead atoms. The number of nitrogens with one attached hydrogen (secondary N) is 3. The first kappa shape index (κ1) is 18.0. The molecular formula is C19H29N3O3. The van der Waals surface area contributed by atoms with Gasteiger partial charge in [-0.2, -0.15) is 0 Å². The Balaban J connectivity index is 1.75. The minimum Gasteiger partial charge on any atom is -0.378 e. The van der Waals surface area contributed by atoms with Crippen molar-refractivity contribution in [2.75, 3.05) is 11.9 Å². The number of H-pyrrole nitrogens is 1. The summed E-state index contributed by atoms with van der Waals surface area (Å²) in [5.41, 5.74) is 1.92. The maximum Gasteiger partial charge on any atom is 0.255 e. The number of aromatic nitrogens is 1. The third-order valence-corrected chi connectivity index (χ3v) is 5.86. The van der Waals surface area contributed by atoms with Gasteiger partial charge in [0.1, 0.15) is 0 Å². The Hall–Kier alpha value is -1.82. The second kappa shape index (κ2) is 7.20. The van der Waals surface area contributed by atoms with Crippen LogP contribution < -0.4 is 10.6 Å². The maximum absolute atomic E-state index is 12.9. The van der Waals surface area contributed by atoms with Crippen LogP contribution in [0.25, 0.3) is 0 Å². The smallest absolute Gasteiger partial charge is 0.255 e. The lowest BCUT2D eigenvalue weighted by Gasteiger charge is -2.57. The summed E-state index contributed by atoms with van der Waals surface area (Å²) < 4.78 is 5.96. The average molecular weight is 347 g/mol. The van der Waals surface area contributed by atoms with Gasteiger partial charge in [0.05, 0.1) is 17.4 Å². The van der Waals surface area contributed by atoms with Crippen LogP contribution in [0.5, 0.6) is 0 Å². The Kier molecular flexibility index (Phi) is 5.18. The monoisotopic (exact) mass is 347 g/mol. The van der Waals surface area contributed by atoms with Gasteiger partial charge in [-0.25, -0.2) is 0 Å². The lowest BCUT2D eigenvalue weighted by atomic mass is 9.55. The zero-order chi connectivity index (χ0) is 18.0. The zero-order valence-corrected chi connectivity index (χ0v) is 15.4. The standard InChI is InChI=1S/C19H29N3O3/c1-4-25-16-10-15(19(16)8-6-5-7-9-19)22-18(24)17-12(2)20-11-14(17)21-13(3)23/h11,15-16,20H,4-10H2,1-3H3,(H,21,23)(H,22,24)/t15-,16-/m0/s1. The molecule has 3 rings (SSSR count). The summed E-state index contributed by atoms with van der Waals surface area (Å²) in [7, 11) is 0. The van der Waals surface area contributed by atoms with Crippen LogP contribution in [-0.2, 0) is 9.53 Å². The molecule has 1 aromatic heterocycles. The molecule has 0 aliphatic heterocycles. The fourth-order valence-corrected chi connectivity index (χ4v) is 4.60. The number of hydrogen-bond donors (Lipinski definition) is 3. The quantitative estimate of drug-likeness (QED) is 0.765. The van der Waals surface area contributed by atoms with Gasteiger partial charge in [-0.15, -0.1) is 0 Å². The van der Waals surface area contributed by atoms with E-state index in [0.29, 0.717) is 11.3 Å². The molecule has 0 saturated heterocycles. The lowest BCUT2D eigenvalue weighted by molar-refractivity contribution is -0.146. The van der Waals surface area contributed by atoms with Crippen LogP contribution in [0.2, 0.25) is 0 Å². The third-order valence-electron chi connectivity index (χ3n) is 5.86. The molecule has 0 aromatic carbocycles. The molecule has 1 spiro atoms. The van der Waals surface area contributed by atoms with Crippen molar-refractivity contribution in [3.05, 3.63) is 17.5 Å². The molecular weight excluding hydrogens is 318 g/mol. The summed E-state index contributed by atoms with van der Waals surface area (Å²) in [4.78, 5) is 27.3. The topological polar surface area (TPSA) is 83.2 Å². The summed E-state index contributed by atoms with van der Waals surface area (Å²) in [6.45, 7) is 6.04. The Morgan fingerprint density at radius 3 is 2.68 bits per heavy atom. The number of rotatable bonds is 5. The van der Waals surface area contributed by atoms with Crippen molar-refractivity contribution in [1.29, 1.82) is 0 Å². The Morgan fingerprint density at radius 2 is 2.04 bits per heavy atom. The first-order valence-electron chi connectivity index (χ1n) is 9.36. The predicted octanol–water partition coefficient (Wildman–Crippen LogP) is 3.14. The van der Waals surface area contributed by atoms with E-state index in [1.165, 1.54) is 26.2 Å². The number of ether oxygens (including phenoxy) is 1. The summed E-state index contributed by atoms with van der Waals surface area (Å²) in [6.07, 6.45) is 8.72. The van der Waals surface area contributed by atoms with Crippen molar-refractivity contribution in [2.24, 2.45) is 5.41 Å². The van der Waals surface area contributed by atoms with Crippen molar-refractivity contribution < 1.29 is 14.3 Å². The van der Waals surface area contributed by atoms with E-state index in [-0.39, 0.29) is 29.4 Å². The second-order valence-electron chi connectivity index (χ2n) is 7.38. The molecule has 2 saturated carbocycles. The molecule has 3 N–H and O–H groups in total. The molecule has 6 nitrogen and oxygen atoms in total. The molecule has 2 aliphatic carbocycles. The molecule has 2 amide bonds. The summed E-state index contributed by atoms with van der Waals surface area (Å²) in [5.74, 6) is -0.302. The fraction of sp³-hybridized carbons (Fsp3) is 0.684. The summed E-state index contributed by atoms with van der Waals surface area (Å²) in [6, 6.07) is 0.149. The molecule has 25 heavy (non-hydrogen) atoms. The van der Waals surface area contributed by atoms with Crippen LogP contribution >= 0.6 is 0 Å². The van der Waals surface area contributed by atoms with Crippen molar-refractivity contribution in [2.45, 2.75) is 71.4 Å². The van der Waals surface area contributed by atoms with Gasteiger partial charge in [0.25, 0.3) is 5.91 Å². The Morgan fingerprint density at radius 1 is 1.32 bits per heavy atom. The molecule has 138 valence electrons. The van der Waals surface area contributed by atoms with Crippen LogP contribution in [-0.4, -0.2) is 35.6 Å². The normalized spacial score (nSPS) is 24.6. The first-order chi connectivity index (χ1) is 12.0. The van der Waals surface area contributed by atoms with Gasteiger partial charge < -0.3 is 20.4 Å². The highest BCUT2D eigenvalue weighted by atomic mass is 16.5. The number of carbonyl (C=O) groups excluding carboxylic acids is 2. The van der Waals surface area contributed by atoms with Gasteiger partial charge in [-0.3, -0.25) is 9.59 Å². The van der Waals surface area contributed by atoms with Crippen molar-refractivity contribution in [1.82, 2.24) is 10.3 Å². The number of anilines is 1. The highest BCUT2D eigenvalue weighted by Gasteiger charge is 2.56. The van der Waals surface area contributed by atoms with Gasteiger partial charge in [-0.1, -0.05) is 19.3 Å². The first-order valence-corrected chi connectivity index (χ1v) is 9.36. The van der Waals surface area contributed by atoms with Gasteiger partial charge in [-0.05, 0) is 33.1 Å². The van der Waals surface area contributed by atoms with E-state index in [4.69, 9.17) is 4.74 Å². The van der Waals surface area contributed by atoms with Gasteiger partial charge in [0.2, 0.25) is 5.91 Å². The third kappa shape index (κ3) is 3.32. The zero-order valence-electron chi connectivity index (χ0n) is 15.4. The SMILES string of the molecule is CCO[C@H]1C[C@H](NC(=O)c2c(NC(C)=O)c[nH]c2C)C12CCCCC2. The van der Waals surface area contributed by atoms with Gasteiger partial charge >= 0.3 is 0 Å². The van der Waals surface area contributed by atoms with Crippen molar-refractivity contribution in [3.63, 3.8) is 0 Å². The van der Waals surface area contributed by atoms with E-state index >= 15 is 0 Å². The number of hydrogen-bond acceptors (Lipinski definition) is 3. The van der Waals surface area contributed by atoms with Crippen LogP contribution in [0, 0.1) is 12.3 Å². The fourth-order valence-electron chi connectivity index (χ4n) is 4.60. The molecule has 0 unspecified atom stereocenters. The van der Waals surface area contributed by atoms with Gasteiger partial charge in [0, 0.05) is 36.9 Å². The number of aryl methyl sites for hydroxylation is 1. The van der Waals surface area contributed by atoms with Gasteiger partial charge in [0.15, 0.2) is 0 Å². The Labute approximate surface area is 149 Å². The number of carbonyl (C=O) groups is 2. The summed E-state index contributed by atoms with van der Waals surface area (Å²) in [5, 5.41) is 5.96. The molecule has 1 heterocycles. The minimum absolute atomic E-state index is 0.0856.